The van der Waals surface area contributed by atoms with E-state index in [1.54, 1.807) is 18.5 Å². The lowest BCUT2D eigenvalue weighted by atomic mass is 10.1. The average Bonchev–Trinajstić information content (AvgIpc) is 3.56. The summed E-state index contributed by atoms with van der Waals surface area (Å²) in [4.78, 5) is 48.3. The van der Waals surface area contributed by atoms with Crippen LogP contribution in [0.4, 0.5) is 15.2 Å². The van der Waals surface area contributed by atoms with Crippen LogP contribution in [0.25, 0.3) is 22.4 Å². The number of amides is 1. The number of thiazole rings is 1. The number of carbonyl (C=O) groups is 1. The third-order valence-corrected chi connectivity index (χ3v) is 7.50. The highest BCUT2D eigenvalue weighted by Gasteiger charge is 2.23. The van der Waals surface area contributed by atoms with Gasteiger partial charge in [-0.15, -0.1) is 11.3 Å². The first kappa shape index (κ1) is 23.9. The molecule has 0 aliphatic carbocycles. The van der Waals surface area contributed by atoms with Crippen molar-refractivity contribution in [2.75, 3.05) is 16.8 Å². The van der Waals surface area contributed by atoms with Gasteiger partial charge in [0.2, 0.25) is 5.91 Å². The van der Waals surface area contributed by atoms with Crippen molar-refractivity contribution < 1.29 is 9.18 Å². The fourth-order valence-corrected chi connectivity index (χ4v) is 5.42. The highest BCUT2D eigenvalue weighted by Crippen LogP contribution is 2.32. The molecule has 188 valence electrons. The monoisotopic (exact) mass is 511 g/mol. The Balaban J connectivity index is 1.33. The first-order valence-corrected chi connectivity index (χ1v) is 12.5. The highest BCUT2D eigenvalue weighted by atomic mass is 32.1. The maximum absolute atomic E-state index is 14.9. The lowest BCUT2D eigenvalue weighted by Gasteiger charge is -2.24. The molecular weight excluding hydrogens is 485 g/mol. The number of halogens is 1. The van der Waals surface area contributed by atoms with Crippen LogP contribution in [0.3, 0.4) is 0 Å². The van der Waals surface area contributed by atoms with Crippen LogP contribution in [-0.2, 0) is 32.4 Å². The Morgan fingerprint density at radius 2 is 1.94 bits per heavy atom. The van der Waals surface area contributed by atoms with Gasteiger partial charge in [-0.25, -0.2) is 19.2 Å². The van der Waals surface area contributed by atoms with Crippen molar-refractivity contribution in [2.24, 2.45) is 21.1 Å². The molecule has 0 bridgehead atoms. The van der Waals surface area contributed by atoms with Gasteiger partial charge < -0.3 is 14.8 Å². The molecule has 1 fully saturated rings. The molecule has 1 aliphatic rings. The van der Waals surface area contributed by atoms with Crippen molar-refractivity contribution >= 4 is 39.2 Å². The van der Waals surface area contributed by atoms with Gasteiger partial charge in [0.25, 0.3) is 5.56 Å². The number of aryl methyl sites for hydroxylation is 2. The summed E-state index contributed by atoms with van der Waals surface area (Å²) in [5.74, 6) is -0.325. The number of nitrogens with one attached hydrogen (secondary N) is 1. The number of hydrogen-bond acceptors (Lipinski definition) is 7. The number of aromatic nitrogens is 5. The van der Waals surface area contributed by atoms with Gasteiger partial charge in [0.05, 0.1) is 17.8 Å². The predicted molar refractivity (Wildman–Crippen MR) is 137 cm³/mol. The summed E-state index contributed by atoms with van der Waals surface area (Å²) >= 11 is 1.24. The number of benzene rings is 1. The lowest BCUT2D eigenvalue weighted by molar-refractivity contribution is -0.115. The van der Waals surface area contributed by atoms with Crippen molar-refractivity contribution in [3.63, 3.8) is 0 Å². The maximum Gasteiger partial charge on any atom is 0.332 e. The average molecular weight is 512 g/mol. The summed E-state index contributed by atoms with van der Waals surface area (Å²) < 4.78 is 18.7. The molecular formula is C24H26FN7O3S. The molecule has 0 saturated carbocycles. The van der Waals surface area contributed by atoms with E-state index in [2.05, 4.69) is 27.1 Å². The van der Waals surface area contributed by atoms with Crippen molar-refractivity contribution in [1.29, 1.82) is 0 Å². The molecule has 0 radical (unpaired) electrons. The Morgan fingerprint density at radius 3 is 2.64 bits per heavy atom. The molecule has 0 unspecified atom stereocenters. The molecule has 12 heteroatoms. The minimum atomic E-state index is -0.490. The van der Waals surface area contributed by atoms with Crippen LogP contribution in [0.15, 0.2) is 33.2 Å². The number of carbonyl (C=O) groups excluding carboxylic acids is 1. The molecule has 3 aromatic heterocycles. The van der Waals surface area contributed by atoms with Crippen LogP contribution >= 0.6 is 11.3 Å². The normalized spacial score (nSPS) is 15.7. The highest BCUT2D eigenvalue weighted by molar-refractivity contribution is 7.14. The maximum atomic E-state index is 14.9. The number of rotatable bonds is 5. The third kappa shape index (κ3) is 4.00. The van der Waals surface area contributed by atoms with E-state index >= 15 is 0 Å². The molecule has 1 aliphatic heterocycles. The third-order valence-electron chi connectivity index (χ3n) is 6.74. The molecule has 1 aromatic carbocycles. The molecule has 1 atom stereocenters. The van der Waals surface area contributed by atoms with Crippen LogP contribution < -0.4 is 21.5 Å². The molecule has 1 saturated heterocycles. The van der Waals surface area contributed by atoms with Crippen LogP contribution in [-0.4, -0.2) is 42.2 Å². The first-order valence-electron chi connectivity index (χ1n) is 11.6. The number of fused-ring (bicyclic) bond motifs is 1. The fourth-order valence-electron chi connectivity index (χ4n) is 4.68. The summed E-state index contributed by atoms with van der Waals surface area (Å²) in [5.41, 5.74) is 1.30. The number of hydrogen-bond donors (Lipinski definition) is 1. The van der Waals surface area contributed by atoms with Gasteiger partial charge in [-0.2, -0.15) is 0 Å². The Bertz CT molecular complexity index is 1620. The van der Waals surface area contributed by atoms with Gasteiger partial charge in [-0.1, -0.05) is 6.07 Å². The second-order valence-corrected chi connectivity index (χ2v) is 9.94. The van der Waals surface area contributed by atoms with Crippen molar-refractivity contribution in [3.8, 4) is 11.3 Å². The zero-order valence-electron chi connectivity index (χ0n) is 20.4. The molecule has 4 aromatic rings. The van der Waals surface area contributed by atoms with Crippen LogP contribution in [0, 0.1) is 5.82 Å². The van der Waals surface area contributed by atoms with E-state index in [4.69, 9.17) is 0 Å². The number of nitrogens with zero attached hydrogens (tertiary/aromatic N) is 6. The van der Waals surface area contributed by atoms with E-state index < -0.39 is 11.2 Å². The molecule has 1 amide bonds. The minimum absolute atomic E-state index is 0.116. The van der Waals surface area contributed by atoms with Gasteiger partial charge >= 0.3 is 5.69 Å². The molecule has 5 rings (SSSR count). The molecule has 0 spiro atoms. The zero-order valence-corrected chi connectivity index (χ0v) is 21.2. The number of imidazole rings is 1. The van der Waals surface area contributed by atoms with Crippen molar-refractivity contribution in [3.05, 3.63) is 56.1 Å². The van der Waals surface area contributed by atoms with E-state index in [9.17, 15) is 18.8 Å². The summed E-state index contributed by atoms with van der Waals surface area (Å²) in [6.45, 7) is 2.95. The Labute approximate surface area is 209 Å². The standard InChI is InChI=1S/C24H26FN7O3S/c1-13-6-5-9-32(13)17-8-7-14(10-15(17)25)16-12-36-23(26-16)28-19(33)11-18-27-21-20(29(18)2)22(34)31(4)24(35)30(21)3/h7-8,10,12-13H,5-6,9,11H2,1-4H3,(H,26,28,33)/t13-/m0/s1. The van der Waals surface area contributed by atoms with Gasteiger partial charge in [-0.05, 0) is 31.9 Å². The van der Waals surface area contributed by atoms with Crippen molar-refractivity contribution in [2.45, 2.75) is 32.2 Å². The van der Waals surface area contributed by atoms with Crippen LogP contribution in [0.2, 0.25) is 0 Å². The summed E-state index contributed by atoms with van der Waals surface area (Å²) in [7, 11) is 4.56. The van der Waals surface area contributed by atoms with E-state index in [0.717, 1.165) is 24.0 Å². The number of anilines is 2. The SMILES string of the molecule is C[C@H]1CCCN1c1ccc(-c2csc(NC(=O)Cc3nc4c(c(=O)n(C)c(=O)n4C)n3C)n2)cc1F. The van der Waals surface area contributed by atoms with E-state index in [-0.39, 0.29) is 29.3 Å². The molecule has 10 nitrogen and oxygen atoms in total. The smallest absolute Gasteiger partial charge is 0.332 e. The second-order valence-electron chi connectivity index (χ2n) is 9.08. The van der Waals surface area contributed by atoms with Crippen LogP contribution in [0.1, 0.15) is 25.6 Å². The largest absolute Gasteiger partial charge is 0.366 e. The van der Waals surface area contributed by atoms with E-state index in [1.165, 1.54) is 40.6 Å². The molecule has 36 heavy (non-hydrogen) atoms. The Kier molecular flexibility index (Phi) is 5.99. The minimum Gasteiger partial charge on any atom is -0.366 e. The lowest BCUT2D eigenvalue weighted by Crippen LogP contribution is -2.37. The zero-order chi connectivity index (χ0) is 25.7. The van der Waals surface area contributed by atoms with Gasteiger partial charge in [0, 0.05) is 44.7 Å². The predicted octanol–water partition coefficient (Wildman–Crippen LogP) is 2.40. The van der Waals surface area contributed by atoms with Gasteiger partial charge in [0.1, 0.15) is 11.6 Å². The van der Waals surface area contributed by atoms with Crippen LogP contribution in [0.5, 0.6) is 0 Å². The van der Waals surface area contributed by atoms with E-state index in [0.29, 0.717) is 33.9 Å². The van der Waals surface area contributed by atoms with Crippen molar-refractivity contribution in [1.82, 2.24) is 23.7 Å². The first-order chi connectivity index (χ1) is 17.2. The molecule has 4 heterocycles. The van der Waals surface area contributed by atoms with Gasteiger partial charge in [0.15, 0.2) is 16.3 Å². The Hall–Kier alpha value is -3.80. The summed E-state index contributed by atoms with van der Waals surface area (Å²) in [5, 5.41) is 4.87. The fraction of sp³-hybridized carbons (Fsp3) is 0.375. The molecule has 1 N–H and O–H groups in total. The second kappa shape index (κ2) is 9.01. The van der Waals surface area contributed by atoms with Gasteiger partial charge in [-0.3, -0.25) is 18.7 Å². The topological polar surface area (TPSA) is 107 Å². The quantitative estimate of drug-likeness (QED) is 0.441. The summed E-state index contributed by atoms with van der Waals surface area (Å²) in [6, 6.07) is 5.42. The summed E-state index contributed by atoms with van der Waals surface area (Å²) in [6.07, 6.45) is 1.99. The van der Waals surface area contributed by atoms with E-state index in [1.807, 2.05) is 6.07 Å². The Morgan fingerprint density at radius 1 is 1.17 bits per heavy atom.